The largest absolute Gasteiger partial charge is 0.310 e. The predicted octanol–water partition coefficient (Wildman–Crippen LogP) is 2.07. The maximum atomic E-state index is 9.25. The van der Waals surface area contributed by atoms with Gasteiger partial charge in [-0.05, 0) is 26.0 Å². The van der Waals surface area contributed by atoms with Crippen LogP contribution in [0, 0.1) is 22.7 Å². The standard InChI is InChI=1S/C15H16N6/c1-3-6-18-11(2)12-5-4-7-19-15(12)21-10-20-13(8-16)14(21)9-17/h4-5,7,10-11,18H,3,6H2,1-2H3. The van der Waals surface area contributed by atoms with E-state index in [2.05, 4.69) is 22.2 Å². The van der Waals surface area contributed by atoms with Crippen LogP contribution in [-0.2, 0) is 0 Å². The number of hydrogen-bond acceptors (Lipinski definition) is 5. The number of hydrogen-bond donors (Lipinski definition) is 1. The number of aromatic nitrogens is 3. The number of nitrogens with one attached hydrogen (secondary N) is 1. The average Bonchev–Trinajstić information content (AvgIpc) is 2.95. The molecule has 21 heavy (non-hydrogen) atoms. The monoisotopic (exact) mass is 280 g/mol. The zero-order valence-electron chi connectivity index (χ0n) is 12.0. The van der Waals surface area contributed by atoms with Gasteiger partial charge in [0.1, 0.15) is 24.3 Å². The van der Waals surface area contributed by atoms with Crippen molar-refractivity contribution in [3.63, 3.8) is 0 Å². The van der Waals surface area contributed by atoms with E-state index in [1.807, 2.05) is 31.2 Å². The number of imidazole rings is 1. The van der Waals surface area contributed by atoms with Gasteiger partial charge in [-0.3, -0.25) is 4.57 Å². The molecule has 2 aromatic rings. The molecule has 1 N–H and O–H groups in total. The van der Waals surface area contributed by atoms with Crippen molar-refractivity contribution in [3.8, 4) is 18.0 Å². The molecule has 0 bridgehead atoms. The summed E-state index contributed by atoms with van der Waals surface area (Å²) in [7, 11) is 0. The zero-order chi connectivity index (χ0) is 15.2. The van der Waals surface area contributed by atoms with E-state index in [0.29, 0.717) is 5.82 Å². The van der Waals surface area contributed by atoms with Crippen molar-refractivity contribution in [2.45, 2.75) is 26.3 Å². The summed E-state index contributed by atoms with van der Waals surface area (Å²) in [4.78, 5) is 8.32. The predicted molar refractivity (Wildman–Crippen MR) is 77.5 cm³/mol. The molecule has 0 saturated carbocycles. The molecule has 0 aliphatic rings. The van der Waals surface area contributed by atoms with Crippen LogP contribution in [0.25, 0.3) is 5.82 Å². The van der Waals surface area contributed by atoms with Crippen molar-refractivity contribution in [2.75, 3.05) is 6.54 Å². The van der Waals surface area contributed by atoms with Gasteiger partial charge in [0.2, 0.25) is 0 Å². The first kappa shape index (κ1) is 14.7. The van der Waals surface area contributed by atoms with E-state index in [9.17, 15) is 5.26 Å². The molecule has 0 aliphatic heterocycles. The Balaban J connectivity index is 2.49. The molecule has 0 spiro atoms. The first-order valence-electron chi connectivity index (χ1n) is 6.79. The van der Waals surface area contributed by atoms with E-state index < -0.39 is 0 Å². The Bertz CT molecular complexity index is 704. The highest BCUT2D eigenvalue weighted by atomic mass is 15.1. The molecule has 0 aromatic carbocycles. The molecule has 2 heterocycles. The van der Waals surface area contributed by atoms with Gasteiger partial charge >= 0.3 is 0 Å². The molecule has 1 unspecified atom stereocenters. The van der Waals surface area contributed by atoms with Gasteiger partial charge in [0.05, 0.1) is 0 Å². The minimum absolute atomic E-state index is 0.0909. The van der Waals surface area contributed by atoms with E-state index in [0.717, 1.165) is 18.5 Å². The van der Waals surface area contributed by atoms with Crippen LogP contribution in [0.15, 0.2) is 24.7 Å². The summed E-state index contributed by atoms with van der Waals surface area (Å²) in [6.45, 7) is 5.05. The Labute approximate surface area is 123 Å². The van der Waals surface area contributed by atoms with Crippen molar-refractivity contribution in [2.24, 2.45) is 0 Å². The second-order valence-corrected chi connectivity index (χ2v) is 4.63. The molecule has 0 aliphatic carbocycles. The van der Waals surface area contributed by atoms with Gasteiger partial charge in [-0.2, -0.15) is 10.5 Å². The minimum atomic E-state index is 0.0909. The van der Waals surface area contributed by atoms with Gasteiger partial charge in [-0.25, -0.2) is 9.97 Å². The summed E-state index contributed by atoms with van der Waals surface area (Å²) in [6, 6.07) is 7.85. The van der Waals surface area contributed by atoms with Crippen LogP contribution >= 0.6 is 0 Å². The molecule has 6 nitrogen and oxygen atoms in total. The van der Waals surface area contributed by atoms with Crippen LogP contribution in [0.5, 0.6) is 0 Å². The first-order valence-corrected chi connectivity index (χ1v) is 6.79. The van der Waals surface area contributed by atoms with Crippen LogP contribution in [0.3, 0.4) is 0 Å². The molecule has 2 aromatic heterocycles. The Kier molecular flexibility index (Phi) is 4.65. The van der Waals surface area contributed by atoms with Crippen LogP contribution < -0.4 is 5.32 Å². The lowest BCUT2D eigenvalue weighted by atomic mass is 10.1. The van der Waals surface area contributed by atoms with E-state index in [1.54, 1.807) is 10.8 Å². The van der Waals surface area contributed by atoms with Gasteiger partial charge in [0.15, 0.2) is 11.4 Å². The van der Waals surface area contributed by atoms with Crippen molar-refractivity contribution in [3.05, 3.63) is 41.6 Å². The maximum Gasteiger partial charge on any atom is 0.177 e. The minimum Gasteiger partial charge on any atom is -0.310 e. The molecule has 0 fully saturated rings. The van der Waals surface area contributed by atoms with E-state index >= 15 is 0 Å². The fourth-order valence-corrected chi connectivity index (χ4v) is 2.12. The Morgan fingerprint density at radius 1 is 1.33 bits per heavy atom. The molecule has 0 radical (unpaired) electrons. The van der Waals surface area contributed by atoms with Gasteiger partial charge in [-0.15, -0.1) is 0 Å². The van der Waals surface area contributed by atoms with E-state index in [4.69, 9.17) is 5.26 Å². The average molecular weight is 280 g/mol. The topological polar surface area (TPSA) is 90.3 Å². The molecule has 0 amide bonds. The number of nitriles is 2. The third kappa shape index (κ3) is 2.91. The van der Waals surface area contributed by atoms with Crippen LogP contribution in [0.2, 0.25) is 0 Å². The molecule has 0 saturated heterocycles. The molecular weight excluding hydrogens is 264 g/mol. The Morgan fingerprint density at radius 3 is 2.81 bits per heavy atom. The first-order chi connectivity index (χ1) is 10.2. The number of rotatable bonds is 5. The normalized spacial score (nSPS) is 11.6. The van der Waals surface area contributed by atoms with Crippen LogP contribution in [-0.4, -0.2) is 21.1 Å². The summed E-state index contributed by atoms with van der Waals surface area (Å²) >= 11 is 0. The summed E-state index contributed by atoms with van der Waals surface area (Å²) in [5, 5.41) is 21.6. The summed E-state index contributed by atoms with van der Waals surface area (Å²) in [5.74, 6) is 0.624. The molecule has 2 rings (SSSR count). The lowest BCUT2D eigenvalue weighted by molar-refractivity contribution is 0.566. The lowest BCUT2D eigenvalue weighted by Gasteiger charge is -2.17. The quantitative estimate of drug-likeness (QED) is 0.905. The fourth-order valence-electron chi connectivity index (χ4n) is 2.12. The van der Waals surface area contributed by atoms with Gasteiger partial charge in [-0.1, -0.05) is 13.0 Å². The van der Waals surface area contributed by atoms with E-state index in [-0.39, 0.29) is 17.4 Å². The van der Waals surface area contributed by atoms with Crippen molar-refractivity contribution >= 4 is 0 Å². The summed E-state index contributed by atoms with van der Waals surface area (Å²) in [6.07, 6.45) is 4.17. The second-order valence-electron chi connectivity index (χ2n) is 4.63. The van der Waals surface area contributed by atoms with Gasteiger partial charge in [0, 0.05) is 17.8 Å². The molecule has 1 atom stereocenters. The third-order valence-corrected chi connectivity index (χ3v) is 3.19. The lowest BCUT2D eigenvalue weighted by Crippen LogP contribution is -2.21. The molecular formula is C15H16N6. The smallest absolute Gasteiger partial charge is 0.177 e. The summed E-state index contributed by atoms with van der Waals surface area (Å²) < 4.78 is 1.57. The van der Waals surface area contributed by atoms with Crippen LogP contribution in [0.4, 0.5) is 0 Å². The Morgan fingerprint density at radius 2 is 2.14 bits per heavy atom. The van der Waals surface area contributed by atoms with Crippen molar-refractivity contribution in [1.29, 1.82) is 10.5 Å². The van der Waals surface area contributed by atoms with Crippen molar-refractivity contribution in [1.82, 2.24) is 19.9 Å². The van der Waals surface area contributed by atoms with Crippen molar-refractivity contribution < 1.29 is 0 Å². The number of pyridine rings is 1. The van der Waals surface area contributed by atoms with E-state index in [1.165, 1.54) is 6.33 Å². The maximum absolute atomic E-state index is 9.25. The zero-order valence-corrected chi connectivity index (χ0v) is 12.0. The second kappa shape index (κ2) is 6.65. The molecule has 106 valence electrons. The SMILES string of the molecule is CCCNC(C)c1cccnc1-n1cnc(C#N)c1C#N. The highest BCUT2D eigenvalue weighted by Crippen LogP contribution is 2.21. The number of nitrogens with zero attached hydrogens (tertiary/aromatic N) is 5. The van der Waals surface area contributed by atoms with Crippen LogP contribution in [0.1, 0.15) is 43.3 Å². The van der Waals surface area contributed by atoms with Gasteiger partial charge < -0.3 is 5.32 Å². The third-order valence-electron chi connectivity index (χ3n) is 3.19. The summed E-state index contributed by atoms with van der Waals surface area (Å²) in [5.41, 5.74) is 1.28. The Hall–Kier alpha value is -2.70. The van der Waals surface area contributed by atoms with Gasteiger partial charge in [0.25, 0.3) is 0 Å². The highest BCUT2D eigenvalue weighted by Gasteiger charge is 2.17. The molecule has 6 heteroatoms. The highest BCUT2D eigenvalue weighted by molar-refractivity contribution is 5.45. The fraction of sp³-hybridized carbons (Fsp3) is 0.333.